The van der Waals surface area contributed by atoms with Gasteiger partial charge in [0.1, 0.15) is 17.8 Å². The Bertz CT molecular complexity index is 1060. The first kappa shape index (κ1) is 29.0. The summed E-state index contributed by atoms with van der Waals surface area (Å²) < 4.78 is 44.2. The maximum atomic E-state index is 13.7. The number of alkyl halides is 3. The minimum absolute atomic E-state index is 0.0206. The number of nitrogens with one attached hydrogen (secondary N) is 2. The molecule has 3 amide bonds. The number of carbonyl (C=O) groups is 3. The largest absolute Gasteiger partial charge is 0.495 e. The minimum Gasteiger partial charge on any atom is -0.495 e. The molecule has 3 rings (SSSR count). The fourth-order valence-corrected chi connectivity index (χ4v) is 5.41. The van der Waals surface area contributed by atoms with Gasteiger partial charge in [0.15, 0.2) is 0 Å². The Kier molecular flexibility index (Phi) is 7.82. The molecule has 1 aliphatic carbocycles. The number of nitrogens with zero attached hydrogens (tertiary/aromatic N) is 2. The number of rotatable bonds is 7. The average molecular weight is 546 g/mol. The third-order valence-corrected chi connectivity index (χ3v) is 7.67. The molecule has 0 spiro atoms. The van der Waals surface area contributed by atoms with Gasteiger partial charge in [0.25, 0.3) is 0 Å². The Morgan fingerprint density at radius 1 is 1.22 bits per heavy atom. The summed E-state index contributed by atoms with van der Waals surface area (Å²) in [6.07, 6.45) is -2.16. The van der Waals surface area contributed by atoms with E-state index in [1.54, 1.807) is 26.8 Å². The molecular weight excluding hydrogens is 511 g/mol. The number of carbonyl (C=O) groups excluding carboxylic acids is 3. The summed E-state index contributed by atoms with van der Waals surface area (Å²) in [7, 11) is 1.47. The zero-order valence-corrected chi connectivity index (χ0v) is 22.5. The monoisotopic (exact) mass is 545 g/mol. The number of fused-ring (bicyclic) bond motifs is 1. The number of amides is 3. The molecule has 1 saturated carbocycles. The molecular formula is C24H34F3N5O4S. The Morgan fingerprint density at radius 3 is 2.35 bits per heavy atom. The molecule has 0 radical (unpaired) electrons. The molecule has 13 heteroatoms. The number of likely N-dealkylation sites (tertiary alicyclic amines) is 1. The Balaban J connectivity index is 1.91. The van der Waals surface area contributed by atoms with E-state index in [-0.39, 0.29) is 23.8 Å². The van der Waals surface area contributed by atoms with Crippen molar-refractivity contribution in [3.63, 3.8) is 0 Å². The van der Waals surface area contributed by atoms with E-state index in [1.807, 2.05) is 19.2 Å². The summed E-state index contributed by atoms with van der Waals surface area (Å²) in [6, 6.07) is -1.60. The van der Waals surface area contributed by atoms with E-state index in [2.05, 4.69) is 22.9 Å². The normalized spacial score (nSPS) is 24.9. The van der Waals surface area contributed by atoms with Gasteiger partial charge in [0, 0.05) is 12.7 Å². The van der Waals surface area contributed by atoms with Crippen molar-refractivity contribution in [3.8, 4) is 5.75 Å². The van der Waals surface area contributed by atoms with E-state index < -0.39 is 52.8 Å². The maximum absolute atomic E-state index is 13.7. The van der Waals surface area contributed by atoms with Crippen LogP contribution in [0.3, 0.4) is 0 Å². The molecule has 0 bridgehead atoms. The molecule has 1 saturated heterocycles. The molecule has 2 fully saturated rings. The van der Waals surface area contributed by atoms with Gasteiger partial charge in [0.05, 0.1) is 24.7 Å². The van der Waals surface area contributed by atoms with Crippen LogP contribution in [-0.4, -0.2) is 64.9 Å². The second-order valence-electron chi connectivity index (χ2n) is 11.3. The molecule has 1 aliphatic heterocycles. The fraction of sp³-hybridized carbons (Fsp3) is 0.667. The quantitative estimate of drug-likeness (QED) is 0.307. The van der Waals surface area contributed by atoms with Crippen LogP contribution in [0.2, 0.25) is 0 Å². The number of methoxy groups -OCH3 is 1. The molecule has 37 heavy (non-hydrogen) atoms. The molecule has 9 nitrogen and oxygen atoms in total. The van der Waals surface area contributed by atoms with Gasteiger partial charge in [-0.05, 0) is 34.3 Å². The highest BCUT2D eigenvalue weighted by Gasteiger charge is 2.70. The third-order valence-electron chi connectivity index (χ3n) is 7.37. The Hall–Kier alpha value is -2.54. The van der Waals surface area contributed by atoms with Crippen LogP contribution in [-0.2, 0) is 14.4 Å². The lowest BCUT2D eigenvalue weighted by atomic mass is 9.85. The predicted octanol–water partition coefficient (Wildman–Crippen LogP) is 2.04. The zero-order valence-electron chi connectivity index (χ0n) is 21.6. The number of nitrogens with two attached hydrogens (primary N) is 1. The molecule has 206 valence electrons. The van der Waals surface area contributed by atoms with Crippen LogP contribution in [0.4, 0.5) is 13.2 Å². The number of thiol groups is 1. The van der Waals surface area contributed by atoms with E-state index in [4.69, 9.17) is 10.5 Å². The highest BCUT2D eigenvalue weighted by Crippen LogP contribution is 2.65. The summed E-state index contributed by atoms with van der Waals surface area (Å²) in [5.41, 5.74) is 5.28. The smallest absolute Gasteiger partial charge is 0.471 e. The van der Waals surface area contributed by atoms with E-state index in [1.165, 1.54) is 24.4 Å². The van der Waals surface area contributed by atoms with Crippen molar-refractivity contribution in [2.24, 2.45) is 28.4 Å². The van der Waals surface area contributed by atoms with E-state index in [0.717, 1.165) is 0 Å². The van der Waals surface area contributed by atoms with Gasteiger partial charge in [-0.15, -0.1) is 0 Å². The second kappa shape index (κ2) is 9.97. The van der Waals surface area contributed by atoms with Gasteiger partial charge in [0.2, 0.25) is 11.8 Å². The summed E-state index contributed by atoms with van der Waals surface area (Å²) in [6.45, 7) is 8.78. The molecule has 1 aromatic rings. The third kappa shape index (κ3) is 5.82. The van der Waals surface area contributed by atoms with Crippen LogP contribution in [0.5, 0.6) is 5.75 Å². The standard InChI is InChI=1S/C24H34F3N5O4S/c1-22(2,3)17(31-21(35)24(25,26)27)20(34)32-10-13-14(23(13,4)5)16(32)19(33)30-15(18(28)37)11-7-12(36-6)9-29-8-11/h7-9,13-18,37H,10,28H2,1-6H3,(H,30,33)(H,31,35)/t13-,14-,15-,16-,17+,18?/m0/s1. The lowest BCUT2D eigenvalue weighted by Crippen LogP contribution is -2.61. The molecule has 1 aromatic heterocycles. The van der Waals surface area contributed by atoms with Crippen LogP contribution in [0, 0.1) is 22.7 Å². The van der Waals surface area contributed by atoms with Crippen LogP contribution < -0.4 is 21.1 Å². The first-order chi connectivity index (χ1) is 16.9. The number of aromatic nitrogens is 1. The Labute approximate surface area is 219 Å². The van der Waals surface area contributed by atoms with Crippen molar-refractivity contribution < 1.29 is 32.3 Å². The lowest BCUT2D eigenvalue weighted by molar-refractivity contribution is -0.176. The van der Waals surface area contributed by atoms with Crippen molar-refractivity contribution in [2.75, 3.05) is 13.7 Å². The summed E-state index contributed by atoms with van der Waals surface area (Å²) in [4.78, 5) is 44.4. The fourth-order valence-electron chi connectivity index (χ4n) is 5.16. The molecule has 6 atom stereocenters. The molecule has 0 aromatic carbocycles. The van der Waals surface area contributed by atoms with E-state index >= 15 is 0 Å². The molecule has 2 heterocycles. The van der Waals surface area contributed by atoms with Crippen molar-refractivity contribution >= 4 is 30.4 Å². The number of hydrogen-bond donors (Lipinski definition) is 4. The van der Waals surface area contributed by atoms with Crippen LogP contribution in [0.15, 0.2) is 18.5 Å². The van der Waals surface area contributed by atoms with Gasteiger partial charge < -0.3 is 26.0 Å². The first-order valence-corrected chi connectivity index (χ1v) is 12.3. The molecule has 4 N–H and O–H groups in total. The van der Waals surface area contributed by atoms with Gasteiger partial charge in [-0.3, -0.25) is 19.4 Å². The Morgan fingerprint density at radius 2 is 1.84 bits per heavy atom. The van der Waals surface area contributed by atoms with E-state index in [0.29, 0.717) is 11.3 Å². The van der Waals surface area contributed by atoms with Gasteiger partial charge in [-0.25, -0.2) is 0 Å². The number of halogens is 3. The number of piperidine rings is 1. The summed E-state index contributed by atoms with van der Waals surface area (Å²) in [5, 5.41) is 3.86. The average Bonchev–Trinajstić information content (AvgIpc) is 3.12. The van der Waals surface area contributed by atoms with Crippen molar-refractivity contribution in [1.29, 1.82) is 0 Å². The lowest BCUT2D eigenvalue weighted by Gasteiger charge is -2.38. The van der Waals surface area contributed by atoms with Gasteiger partial charge >= 0.3 is 12.1 Å². The van der Waals surface area contributed by atoms with Crippen LogP contribution in [0.1, 0.15) is 46.2 Å². The van der Waals surface area contributed by atoms with Crippen molar-refractivity contribution in [1.82, 2.24) is 20.5 Å². The number of ether oxygens (including phenoxy) is 1. The summed E-state index contributed by atoms with van der Waals surface area (Å²) >= 11 is 4.31. The minimum atomic E-state index is -5.16. The molecule has 2 aliphatic rings. The van der Waals surface area contributed by atoms with Gasteiger partial charge in [-0.2, -0.15) is 25.8 Å². The SMILES string of the molecule is COc1cncc([C@H](NC(=O)[C@@H]2[C@@H]3[C@H](CN2C(=O)[C@@H](NC(=O)C(F)(F)F)C(C)(C)C)C3(C)C)C(N)S)c1. The molecule has 1 unspecified atom stereocenters. The summed E-state index contributed by atoms with van der Waals surface area (Å²) in [5.74, 6) is -3.26. The highest BCUT2D eigenvalue weighted by atomic mass is 32.1. The second-order valence-corrected chi connectivity index (χ2v) is 11.9. The first-order valence-electron chi connectivity index (χ1n) is 11.8. The van der Waals surface area contributed by atoms with Crippen LogP contribution >= 0.6 is 12.6 Å². The highest BCUT2D eigenvalue weighted by molar-refractivity contribution is 7.80. The maximum Gasteiger partial charge on any atom is 0.471 e. The van der Waals surface area contributed by atoms with Crippen molar-refractivity contribution in [2.45, 2.75) is 64.3 Å². The topological polar surface area (TPSA) is 127 Å². The van der Waals surface area contributed by atoms with E-state index in [9.17, 15) is 27.6 Å². The van der Waals surface area contributed by atoms with Gasteiger partial charge in [-0.1, -0.05) is 34.6 Å². The zero-order chi connectivity index (χ0) is 28.1. The predicted molar refractivity (Wildman–Crippen MR) is 132 cm³/mol. The van der Waals surface area contributed by atoms with Crippen molar-refractivity contribution in [3.05, 3.63) is 24.0 Å². The number of pyridine rings is 1. The van der Waals surface area contributed by atoms with Crippen LogP contribution in [0.25, 0.3) is 0 Å². The number of hydrogen-bond acceptors (Lipinski definition) is 7.